The molecule has 0 fully saturated rings. The van der Waals surface area contributed by atoms with Crippen molar-refractivity contribution in [1.82, 2.24) is 19.8 Å². The Labute approximate surface area is 117 Å². The smallest absolute Gasteiger partial charge is 0.286 e. The number of aromatic nitrogens is 4. The monoisotopic (exact) mass is 287 g/mol. The molecule has 0 unspecified atom stereocenters. The van der Waals surface area contributed by atoms with E-state index in [9.17, 15) is 9.59 Å². The lowest BCUT2D eigenvalue weighted by molar-refractivity contribution is 0.101. The topological polar surface area (TPSA) is 89.2 Å². The lowest BCUT2D eigenvalue weighted by Crippen LogP contribution is -2.12. The second-order valence-corrected chi connectivity index (χ2v) is 5.01. The van der Waals surface area contributed by atoms with Gasteiger partial charge in [-0.15, -0.1) is 15.3 Å². The summed E-state index contributed by atoms with van der Waals surface area (Å²) in [5, 5.41) is 14.5. The number of amides is 1. The first-order chi connectivity index (χ1) is 9.63. The van der Waals surface area contributed by atoms with Gasteiger partial charge in [-0.2, -0.15) is 4.52 Å². The largest absolute Gasteiger partial charge is 0.320 e. The van der Waals surface area contributed by atoms with Crippen LogP contribution in [0.4, 0.5) is 5.69 Å². The molecule has 3 rings (SSSR count). The molecule has 0 aliphatic carbocycles. The number of nitrogens with one attached hydrogen (secondary N) is 1. The Balaban J connectivity index is 1.83. The molecule has 20 heavy (non-hydrogen) atoms. The van der Waals surface area contributed by atoms with Crippen molar-refractivity contribution < 1.29 is 9.59 Å². The Morgan fingerprint density at radius 2 is 2.20 bits per heavy atom. The Bertz CT molecular complexity index is 778. The molecule has 0 bridgehead atoms. The van der Waals surface area contributed by atoms with E-state index < -0.39 is 0 Å². The highest BCUT2D eigenvalue weighted by atomic mass is 32.1. The molecule has 100 valence electrons. The molecule has 0 aliphatic rings. The van der Waals surface area contributed by atoms with Gasteiger partial charge >= 0.3 is 0 Å². The maximum Gasteiger partial charge on any atom is 0.286 e. The normalized spacial score (nSPS) is 10.7. The average molecular weight is 287 g/mol. The van der Waals surface area contributed by atoms with Crippen LogP contribution in [0.3, 0.4) is 0 Å². The van der Waals surface area contributed by atoms with Crippen LogP contribution in [0.1, 0.15) is 27.1 Å². The highest BCUT2D eigenvalue weighted by Crippen LogP contribution is 2.16. The number of rotatable bonds is 3. The van der Waals surface area contributed by atoms with E-state index in [-0.39, 0.29) is 16.7 Å². The van der Waals surface area contributed by atoms with Crippen molar-refractivity contribution in [2.75, 3.05) is 5.32 Å². The SMILES string of the molecule is CC(=O)c1cccc(NC(=O)c2nn3cnnc3s2)c1. The van der Waals surface area contributed by atoms with Crippen LogP contribution in [0, 0.1) is 0 Å². The number of benzene rings is 1. The third kappa shape index (κ3) is 2.28. The minimum atomic E-state index is -0.346. The first kappa shape index (κ1) is 12.4. The molecular weight excluding hydrogens is 278 g/mol. The van der Waals surface area contributed by atoms with Crippen LogP contribution < -0.4 is 5.32 Å². The zero-order chi connectivity index (χ0) is 14.1. The second kappa shape index (κ2) is 4.82. The van der Waals surface area contributed by atoms with Gasteiger partial charge in [0.15, 0.2) is 5.78 Å². The Morgan fingerprint density at radius 3 is 2.95 bits per heavy atom. The maximum absolute atomic E-state index is 12.1. The van der Waals surface area contributed by atoms with E-state index in [0.717, 1.165) is 11.3 Å². The average Bonchev–Trinajstić information content (AvgIpc) is 2.99. The van der Waals surface area contributed by atoms with Gasteiger partial charge in [-0.1, -0.05) is 23.5 Å². The summed E-state index contributed by atoms with van der Waals surface area (Å²) in [6.45, 7) is 1.48. The number of hydrogen-bond donors (Lipinski definition) is 1. The van der Waals surface area contributed by atoms with E-state index in [1.54, 1.807) is 24.3 Å². The number of hydrogen-bond acceptors (Lipinski definition) is 6. The van der Waals surface area contributed by atoms with Gasteiger partial charge in [-0.05, 0) is 19.1 Å². The third-order valence-corrected chi connectivity index (χ3v) is 3.52. The summed E-state index contributed by atoms with van der Waals surface area (Å²) in [7, 11) is 0. The number of carbonyl (C=O) groups is 2. The Morgan fingerprint density at radius 1 is 1.35 bits per heavy atom. The Hall–Kier alpha value is -2.61. The number of carbonyl (C=O) groups excluding carboxylic acids is 2. The molecule has 1 amide bonds. The van der Waals surface area contributed by atoms with E-state index in [1.165, 1.54) is 17.8 Å². The van der Waals surface area contributed by atoms with Crippen LogP contribution in [0.25, 0.3) is 4.96 Å². The van der Waals surface area contributed by atoms with E-state index in [2.05, 4.69) is 20.6 Å². The summed E-state index contributed by atoms with van der Waals surface area (Å²) in [5.41, 5.74) is 1.09. The van der Waals surface area contributed by atoms with Crippen molar-refractivity contribution in [1.29, 1.82) is 0 Å². The van der Waals surface area contributed by atoms with Gasteiger partial charge in [0.2, 0.25) is 9.97 Å². The summed E-state index contributed by atoms with van der Waals surface area (Å²) in [4.78, 5) is 23.9. The Kier molecular flexibility index (Phi) is 2.99. The fourth-order valence-electron chi connectivity index (χ4n) is 1.65. The van der Waals surface area contributed by atoms with Crippen molar-refractivity contribution in [2.24, 2.45) is 0 Å². The minimum absolute atomic E-state index is 0.0557. The van der Waals surface area contributed by atoms with Gasteiger partial charge in [0.05, 0.1) is 0 Å². The van der Waals surface area contributed by atoms with Gasteiger partial charge in [0, 0.05) is 11.3 Å². The highest BCUT2D eigenvalue weighted by molar-refractivity contribution is 7.18. The van der Waals surface area contributed by atoms with Crippen LogP contribution in [0.15, 0.2) is 30.6 Å². The van der Waals surface area contributed by atoms with E-state index in [4.69, 9.17) is 0 Å². The molecule has 0 aliphatic heterocycles. The van der Waals surface area contributed by atoms with Crippen LogP contribution in [-0.4, -0.2) is 31.5 Å². The second-order valence-electron chi connectivity index (χ2n) is 4.06. The number of nitrogens with zero attached hydrogens (tertiary/aromatic N) is 4. The van der Waals surface area contributed by atoms with Crippen LogP contribution in [-0.2, 0) is 0 Å². The predicted octanol–water partition coefficient (Wildman–Crippen LogP) is 1.64. The molecule has 0 radical (unpaired) electrons. The number of anilines is 1. The lowest BCUT2D eigenvalue weighted by atomic mass is 10.1. The molecule has 3 aromatic rings. The van der Waals surface area contributed by atoms with Gasteiger partial charge in [-0.3, -0.25) is 9.59 Å². The molecule has 2 aromatic heterocycles. The third-order valence-electron chi connectivity index (χ3n) is 2.61. The van der Waals surface area contributed by atoms with Crippen LogP contribution in [0.2, 0.25) is 0 Å². The standard InChI is InChI=1S/C12H9N5O2S/c1-7(18)8-3-2-4-9(5-8)14-10(19)11-16-17-6-13-15-12(17)20-11/h2-6H,1H3,(H,14,19). The maximum atomic E-state index is 12.1. The van der Waals surface area contributed by atoms with Crippen molar-refractivity contribution >= 4 is 33.7 Å². The van der Waals surface area contributed by atoms with Crippen LogP contribution in [0.5, 0.6) is 0 Å². The zero-order valence-corrected chi connectivity index (χ0v) is 11.2. The first-order valence-corrected chi connectivity index (χ1v) is 6.54. The molecule has 1 aromatic carbocycles. The van der Waals surface area contributed by atoms with Crippen molar-refractivity contribution in [3.63, 3.8) is 0 Å². The highest BCUT2D eigenvalue weighted by Gasteiger charge is 2.14. The van der Waals surface area contributed by atoms with Gasteiger partial charge in [0.25, 0.3) is 5.91 Å². The summed E-state index contributed by atoms with van der Waals surface area (Å²) in [6.07, 6.45) is 1.43. The van der Waals surface area contributed by atoms with E-state index in [1.807, 2.05) is 0 Å². The molecular formula is C12H9N5O2S. The quantitative estimate of drug-likeness (QED) is 0.740. The van der Waals surface area contributed by atoms with Gasteiger partial charge in [0.1, 0.15) is 6.33 Å². The number of Topliss-reactive ketones (excluding diaryl/α,β-unsaturated/α-hetero) is 1. The molecule has 0 saturated heterocycles. The fraction of sp³-hybridized carbons (Fsp3) is 0.0833. The molecule has 1 N–H and O–H groups in total. The zero-order valence-electron chi connectivity index (χ0n) is 10.4. The van der Waals surface area contributed by atoms with E-state index in [0.29, 0.717) is 16.2 Å². The summed E-state index contributed by atoms with van der Waals surface area (Å²) >= 11 is 1.14. The summed E-state index contributed by atoms with van der Waals surface area (Å²) < 4.78 is 1.44. The van der Waals surface area contributed by atoms with E-state index >= 15 is 0 Å². The van der Waals surface area contributed by atoms with Crippen molar-refractivity contribution in [2.45, 2.75) is 6.92 Å². The molecule has 7 nitrogen and oxygen atoms in total. The van der Waals surface area contributed by atoms with Crippen LogP contribution >= 0.6 is 11.3 Å². The number of ketones is 1. The summed E-state index contributed by atoms with van der Waals surface area (Å²) in [5.74, 6) is -0.402. The predicted molar refractivity (Wildman–Crippen MR) is 73.1 cm³/mol. The van der Waals surface area contributed by atoms with Crippen molar-refractivity contribution in [3.05, 3.63) is 41.2 Å². The minimum Gasteiger partial charge on any atom is -0.320 e. The number of fused-ring (bicyclic) bond motifs is 1. The first-order valence-electron chi connectivity index (χ1n) is 5.73. The van der Waals surface area contributed by atoms with Crippen molar-refractivity contribution in [3.8, 4) is 0 Å². The van der Waals surface area contributed by atoms with Gasteiger partial charge in [-0.25, -0.2) is 0 Å². The molecule has 2 heterocycles. The molecule has 0 saturated carbocycles. The fourth-order valence-corrected chi connectivity index (χ4v) is 2.37. The lowest BCUT2D eigenvalue weighted by Gasteiger charge is -2.03. The van der Waals surface area contributed by atoms with Gasteiger partial charge < -0.3 is 5.32 Å². The molecule has 0 spiro atoms. The summed E-state index contributed by atoms with van der Waals surface area (Å²) in [6, 6.07) is 6.75. The molecule has 8 heteroatoms. The molecule has 0 atom stereocenters.